The summed E-state index contributed by atoms with van der Waals surface area (Å²) in [6.07, 6.45) is 5.12. The minimum absolute atomic E-state index is 0.160. The van der Waals surface area contributed by atoms with Gasteiger partial charge >= 0.3 is 0 Å². The zero-order valence-electron chi connectivity index (χ0n) is 10.1. The van der Waals surface area contributed by atoms with Crippen LogP contribution in [-0.2, 0) is 0 Å². The summed E-state index contributed by atoms with van der Waals surface area (Å²) in [6.45, 7) is 1.84. The van der Waals surface area contributed by atoms with E-state index in [1.54, 1.807) is 0 Å². The van der Waals surface area contributed by atoms with Gasteiger partial charge in [-0.25, -0.2) is 0 Å². The van der Waals surface area contributed by atoms with Gasteiger partial charge in [0.05, 0.1) is 0 Å². The highest BCUT2D eigenvalue weighted by Crippen LogP contribution is 2.53. The largest absolute Gasteiger partial charge is 0.339 e. The van der Waals surface area contributed by atoms with Crippen LogP contribution in [0.25, 0.3) is 0 Å². The van der Waals surface area contributed by atoms with Crippen LogP contribution in [0.1, 0.15) is 36.0 Å². The highest BCUT2D eigenvalue weighted by molar-refractivity contribution is 9.11. The van der Waals surface area contributed by atoms with Gasteiger partial charge in [0.15, 0.2) is 0 Å². The molecule has 96 valence electrons. The van der Waals surface area contributed by atoms with E-state index >= 15 is 0 Å². The summed E-state index contributed by atoms with van der Waals surface area (Å²) in [5.74, 6) is 0.160. The number of piperidine rings is 1. The number of benzene rings is 1. The Balaban J connectivity index is 1.74. The highest BCUT2D eigenvalue weighted by Gasteiger charge is 2.45. The molecule has 2 nitrogen and oxygen atoms in total. The summed E-state index contributed by atoms with van der Waals surface area (Å²) in [7, 11) is 0. The third-order valence-electron chi connectivity index (χ3n) is 4.18. The fourth-order valence-electron chi connectivity index (χ4n) is 2.72. The van der Waals surface area contributed by atoms with Crippen LogP contribution in [0.5, 0.6) is 0 Å². The molecule has 0 aromatic heterocycles. The molecule has 1 spiro atoms. The first kappa shape index (κ1) is 12.7. The lowest BCUT2D eigenvalue weighted by Gasteiger charge is -2.32. The molecule has 1 saturated heterocycles. The second-order valence-corrected chi connectivity index (χ2v) is 7.28. The molecule has 4 heteroatoms. The third-order valence-corrected chi connectivity index (χ3v) is 5.09. The van der Waals surface area contributed by atoms with Crippen LogP contribution in [0.2, 0.25) is 0 Å². The van der Waals surface area contributed by atoms with Crippen LogP contribution in [0.4, 0.5) is 0 Å². The van der Waals surface area contributed by atoms with E-state index in [9.17, 15) is 4.79 Å². The van der Waals surface area contributed by atoms with Gasteiger partial charge in [-0.1, -0.05) is 31.9 Å². The quantitative estimate of drug-likeness (QED) is 0.722. The van der Waals surface area contributed by atoms with Crippen molar-refractivity contribution in [2.24, 2.45) is 5.41 Å². The average Bonchev–Trinajstić information content (AvgIpc) is 3.08. The second-order valence-electron chi connectivity index (χ2n) is 5.45. The van der Waals surface area contributed by atoms with E-state index in [2.05, 4.69) is 31.9 Å². The molecular weight excluding hydrogens is 358 g/mol. The highest BCUT2D eigenvalue weighted by atomic mass is 79.9. The Morgan fingerprint density at radius 2 is 1.56 bits per heavy atom. The Morgan fingerprint density at radius 3 is 2.06 bits per heavy atom. The topological polar surface area (TPSA) is 20.3 Å². The van der Waals surface area contributed by atoms with E-state index in [1.807, 2.05) is 23.1 Å². The first-order valence-corrected chi connectivity index (χ1v) is 7.92. The lowest BCUT2D eigenvalue weighted by molar-refractivity contribution is 0.0678. The molecule has 1 saturated carbocycles. The Hall–Kier alpha value is -0.350. The molecule has 0 atom stereocenters. The number of likely N-dealkylation sites (tertiary alicyclic amines) is 1. The maximum absolute atomic E-state index is 12.4. The number of carbonyl (C=O) groups is 1. The smallest absolute Gasteiger partial charge is 0.253 e. The number of amides is 1. The molecule has 0 bridgehead atoms. The number of halogens is 2. The zero-order valence-corrected chi connectivity index (χ0v) is 13.3. The number of nitrogens with zero attached hydrogens (tertiary/aromatic N) is 1. The SMILES string of the molecule is O=C(c1cc(Br)cc(Br)c1)N1CCC2(CC1)CC2. The number of rotatable bonds is 1. The van der Waals surface area contributed by atoms with E-state index in [1.165, 1.54) is 25.7 Å². The first-order valence-electron chi connectivity index (χ1n) is 6.33. The van der Waals surface area contributed by atoms with Crippen molar-refractivity contribution >= 4 is 37.8 Å². The van der Waals surface area contributed by atoms with E-state index in [0.717, 1.165) is 27.6 Å². The van der Waals surface area contributed by atoms with E-state index < -0.39 is 0 Å². The summed E-state index contributed by atoms with van der Waals surface area (Å²) in [4.78, 5) is 14.4. The first-order chi connectivity index (χ1) is 8.58. The summed E-state index contributed by atoms with van der Waals surface area (Å²) in [6, 6.07) is 5.75. The molecule has 3 rings (SSSR count). The van der Waals surface area contributed by atoms with Gasteiger partial charge in [-0.15, -0.1) is 0 Å². The molecule has 1 amide bonds. The van der Waals surface area contributed by atoms with Crippen molar-refractivity contribution in [3.63, 3.8) is 0 Å². The number of hydrogen-bond acceptors (Lipinski definition) is 1. The minimum atomic E-state index is 0.160. The molecule has 2 fully saturated rings. The average molecular weight is 373 g/mol. The molecule has 1 aromatic carbocycles. The molecule has 0 radical (unpaired) electrons. The second kappa shape index (κ2) is 4.64. The summed E-state index contributed by atoms with van der Waals surface area (Å²) in [5.41, 5.74) is 1.39. The van der Waals surface area contributed by atoms with Crippen molar-refractivity contribution in [2.45, 2.75) is 25.7 Å². The van der Waals surface area contributed by atoms with Gasteiger partial charge in [0.25, 0.3) is 5.91 Å². The van der Waals surface area contributed by atoms with Gasteiger partial charge in [-0.2, -0.15) is 0 Å². The van der Waals surface area contributed by atoms with Crippen LogP contribution in [0.3, 0.4) is 0 Å². The maximum Gasteiger partial charge on any atom is 0.253 e. The van der Waals surface area contributed by atoms with Gasteiger partial charge in [0.1, 0.15) is 0 Å². The lowest BCUT2D eigenvalue weighted by Crippen LogP contribution is -2.39. The van der Waals surface area contributed by atoms with Crippen LogP contribution in [0.15, 0.2) is 27.1 Å². The Labute approximate surface area is 124 Å². The Morgan fingerprint density at radius 1 is 1.00 bits per heavy atom. The van der Waals surface area contributed by atoms with Gasteiger partial charge in [-0.05, 0) is 49.3 Å². The van der Waals surface area contributed by atoms with Crippen LogP contribution >= 0.6 is 31.9 Å². The molecule has 1 aliphatic heterocycles. The van der Waals surface area contributed by atoms with Crippen LogP contribution in [-0.4, -0.2) is 23.9 Å². The minimum Gasteiger partial charge on any atom is -0.339 e. The van der Waals surface area contributed by atoms with Gasteiger partial charge in [-0.3, -0.25) is 4.79 Å². The third kappa shape index (κ3) is 2.50. The van der Waals surface area contributed by atoms with E-state index in [-0.39, 0.29) is 5.91 Å². The molecule has 18 heavy (non-hydrogen) atoms. The molecular formula is C14H15Br2NO. The van der Waals surface area contributed by atoms with Crippen molar-refractivity contribution in [1.29, 1.82) is 0 Å². The molecule has 2 aliphatic rings. The maximum atomic E-state index is 12.4. The van der Waals surface area contributed by atoms with E-state index in [0.29, 0.717) is 5.41 Å². The van der Waals surface area contributed by atoms with Crippen molar-refractivity contribution in [3.8, 4) is 0 Å². The zero-order chi connectivity index (χ0) is 12.8. The molecule has 1 heterocycles. The molecule has 1 aliphatic carbocycles. The van der Waals surface area contributed by atoms with Crippen molar-refractivity contribution < 1.29 is 4.79 Å². The van der Waals surface area contributed by atoms with Crippen LogP contribution in [0, 0.1) is 5.41 Å². The predicted molar refractivity (Wildman–Crippen MR) is 78.6 cm³/mol. The van der Waals surface area contributed by atoms with Crippen molar-refractivity contribution in [1.82, 2.24) is 4.90 Å². The van der Waals surface area contributed by atoms with Gasteiger partial charge in [0, 0.05) is 27.6 Å². The number of carbonyl (C=O) groups excluding carboxylic acids is 1. The summed E-state index contributed by atoms with van der Waals surface area (Å²) < 4.78 is 1.88. The predicted octanol–water partition coefficient (Wildman–Crippen LogP) is 4.23. The van der Waals surface area contributed by atoms with Crippen molar-refractivity contribution in [2.75, 3.05) is 13.1 Å². The van der Waals surface area contributed by atoms with Gasteiger partial charge in [0.2, 0.25) is 0 Å². The van der Waals surface area contributed by atoms with Crippen LogP contribution < -0.4 is 0 Å². The fraction of sp³-hybridized carbons (Fsp3) is 0.500. The van der Waals surface area contributed by atoms with Gasteiger partial charge < -0.3 is 4.90 Å². The molecule has 0 unspecified atom stereocenters. The lowest BCUT2D eigenvalue weighted by atomic mass is 9.93. The number of hydrogen-bond donors (Lipinski definition) is 0. The molecule has 0 N–H and O–H groups in total. The van der Waals surface area contributed by atoms with Crippen molar-refractivity contribution in [3.05, 3.63) is 32.7 Å². The fourth-order valence-corrected chi connectivity index (χ4v) is 4.01. The monoisotopic (exact) mass is 371 g/mol. The Bertz CT molecular complexity index is 466. The Kier molecular flexibility index (Phi) is 3.27. The van der Waals surface area contributed by atoms with E-state index in [4.69, 9.17) is 0 Å². The standard InChI is InChI=1S/C14H15Br2NO/c15-11-7-10(8-12(16)9-11)13(18)17-5-3-14(1-2-14)4-6-17/h7-9H,1-6H2. The summed E-state index contributed by atoms with van der Waals surface area (Å²) in [5, 5.41) is 0. The summed E-state index contributed by atoms with van der Waals surface area (Å²) >= 11 is 6.87. The molecule has 1 aromatic rings. The normalized spacial score (nSPS) is 21.1.